The number of amidine groups is 1. The first kappa shape index (κ1) is 23.3. The minimum absolute atomic E-state index is 0.0109. The molecule has 2 amide bonds. The van der Waals surface area contributed by atoms with Gasteiger partial charge in [0.05, 0.1) is 4.91 Å². The summed E-state index contributed by atoms with van der Waals surface area (Å²) in [6.07, 6.45) is 5.28. The van der Waals surface area contributed by atoms with E-state index in [2.05, 4.69) is 10.4 Å². The molecule has 0 atom stereocenters. The van der Waals surface area contributed by atoms with Crippen molar-refractivity contribution in [2.24, 2.45) is 4.99 Å². The van der Waals surface area contributed by atoms with E-state index in [1.165, 1.54) is 28.8 Å². The van der Waals surface area contributed by atoms with Crippen molar-refractivity contribution in [3.05, 3.63) is 45.7 Å². The van der Waals surface area contributed by atoms with Gasteiger partial charge in [0.15, 0.2) is 5.17 Å². The topological polar surface area (TPSA) is 74.2 Å². The summed E-state index contributed by atoms with van der Waals surface area (Å²) in [6.45, 7) is 6.01. The van der Waals surface area contributed by atoms with Gasteiger partial charge in [0.1, 0.15) is 16.7 Å². The molecule has 0 aromatic heterocycles. The third-order valence-electron chi connectivity index (χ3n) is 4.55. The van der Waals surface area contributed by atoms with Gasteiger partial charge in [-0.25, -0.2) is 14.6 Å². The van der Waals surface area contributed by atoms with Crippen molar-refractivity contribution in [3.8, 4) is 5.75 Å². The van der Waals surface area contributed by atoms with E-state index in [4.69, 9.17) is 16.3 Å². The smallest absolute Gasteiger partial charge is 0.409 e. The Kier molecular flexibility index (Phi) is 8.11. The molecule has 10 heteroatoms. The van der Waals surface area contributed by atoms with E-state index >= 15 is 0 Å². The molecule has 4 rings (SSSR count). The summed E-state index contributed by atoms with van der Waals surface area (Å²) in [4.78, 5) is 30.4. The molecule has 0 spiro atoms. The Hall–Kier alpha value is -2.36. The van der Waals surface area contributed by atoms with Crippen molar-refractivity contribution < 1.29 is 18.7 Å². The lowest BCUT2D eigenvalue weighted by molar-refractivity contribution is -0.113. The van der Waals surface area contributed by atoms with Crippen molar-refractivity contribution in [1.82, 2.24) is 15.3 Å². The van der Waals surface area contributed by atoms with Gasteiger partial charge >= 0.3 is 6.09 Å². The lowest BCUT2D eigenvalue weighted by Crippen LogP contribution is -2.45. The highest BCUT2D eigenvalue weighted by Gasteiger charge is 2.28. The summed E-state index contributed by atoms with van der Waals surface area (Å²) >= 11 is 7.21. The average molecular weight is 467 g/mol. The third-order valence-corrected chi connectivity index (χ3v) is 5.92. The second kappa shape index (κ2) is 10.8. The van der Waals surface area contributed by atoms with Crippen LogP contribution in [0.5, 0.6) is 5.75 Å². The van der Waals surface area contributed by atoms with Crippen molar-refractivity contribution in [3.63, 3.8) is 0 Å². The van der Waals surface area contributed by atoms with Crippen LogP contribution in [-0.2, 0) is 4.79 Å². The van der Waals surface area contributed by atoms with Crippen LogP contribution < -0.4 is 10.2 Å². The first-order valence-electron chi connectivity index (χ1n) is 10.2. The van der Waals surface area contributed by atoms with Gasteiger partial charge in [-0.3, -0.25) is 14.7 Å². The number of hydrazine groups is 1. The van der Waals surface area contributed by atoms with E-state index < -0.39 is 11.9 Å². The number of rotatable bonds is 2. The maximum atomic E-state index is 13.8. The fourth-order valence-electron chi connectivity index (χ4n) is 3.08. The molecule has 1 aromatic rings. The van der Waals surface area contributed by atoms with Crippen LogP contribution >= 0.6 is 23.4 Å². The molecule has 0 radical (unpaired) electrons. The average Bonchev–Trinajstić information content (AvgIpc) is 3.37. The lowest BCUT2D eigenvalue weighted by Gasteiger charge is -2.28. The minimum Gasteiger partial charge on any atom is -0.409 e. The van der Waals surface area contributed by atoms with Crippen molar-refractivity contribution in [2.75, 3.05) is 19.6 Å². The van der Waals surface area contributed by atoms with Gasteiger partial charge in [0.25, 0.3) is 5.91 Å². The molecule has 7 nitrogen and oxygen atoms in total. The van der Waals surface area contributed by atoms with E-state index in [0.29, 0.717) is 28.6 Å². The van der Waals surface area contributed by atoms with Crippen LogP contribution in [0.2, 0.25) is 0 Å². The number of thioether (sulfide) groups is 1. The zero-order chi connectivity index (χ0) is 22.4. The van der Waals surface area contributed by atoms with Gasteiger partial charge < -0.3 is 4.74 Å². The number of benzene rings is 1. The van der Waals surface area contributed by atoms with Crippen molar-refractivity contribution in [1.29, 1.82) is 0 Å². The molecule has 3 heterocycles. The Balaban J connectivity index is 0.00000132. The molecule has 0 unspecified atom stereocenters. The molecule has 166 valence electrons. The molecule has 0 bridgehead atoms. The van der Waals surface area contributed by atoms with Gasteiger partial charge in [0.2, 0.25) is 0 Å². The maximum Gasteiger partial charge on any atom is 0.420 e. The van der Waals surface area contributed by atoms with Crippen molar-refractivity contribution in [2.45, 2.75) is 33.1 Å². The number of ether oxygens (including phenoxy) is 1. The Morgan fingerprint density at radius 3 is 2.81 bits per heavy atom. The number of halogens is 2. The Labute approximate surface area is 189 Å². The number of amides is 2. The monoisotopic (exact) mass is 466 g/mol. The molecular formula is C21H24ClFN4O3S. The van der Waals surface area contributed by atoms with Crippen LogP contribution in [0.3, 0.4) is 0 Å². The van der Waals surface area contributed by atoms with Gasteiger partial charge in [0, 0.05) is 31.3 Å². The normalized spacial score (nSPS) is 19.7. The predicted octanol–water partition coefficient (Wildman–Crippen LogP) is 4.71. The second-order valence-electron chi connectivity index (χ2n) is 6.59. The number of hydrogen-bond acceptors (Lipinski definition) is 6. The van der Waals surface area contributed by atoms with Gasteiger partial charge in [-0.05, 0) is 55.3 Å². The first-order chi connectivity index (χ1) is 15.0. The number of nitrogens with one attached hydrogen (secondary N) is 1. The van der Waals surface area contributed by atoms with Gasteiger partial charge in [-0.1, -0.05) is 25.4 Å². The van der Waals surface area contributed by atoms with Crippen LogP contribution in [0.4, 0.5) is 9.18 Å². The molecule has 1 fully saturated rings. The van der Waals surface area contributed by atoms with Crippen LogP contribution in [0, 0.1) is 5.82 Å². The Bertz CT molecular complexity index is 945. The summed E-state index contributed by atoms with van der Waals surface area (Å²) in [5.74, 6) is -0.931. The summed E-state index contributed by atoms with van der Waals surface area (Å²) in [5, 5.41) is 2.72. The number of aliphatic imine (C=N–C) groups is 1. The van der Waals surface area contributed by atoms with E-state index in [9.17, 15) is 14.0 Å². The molecular weight excluding hydrogens is 443 g/mol. The Morgan fingerprint density at radius 2 is 2.13 bits per heavy atom. The Morgan fingerprint density at radius 1 is 1.32 bits per heavy atom. The largest absolute Gasteiger partial charge is 0.420 e. The highest BCUT2D eigenvalue weighted by molar-refractivity contribution is 8.18. The summed E-state index contributed by atoms with van der Waals surface area (Å²) in [5.41, 5.74) is 3.61. The summed E-state index contributed by atoms with van der Waals surface area (Å²) < 4.78 is 19.1. The number of nitrogens with zero attached hydrogens (tertiary/aromatic N) is 3. The maximum absolute atomic E-state index is 13.8. The molecule has 3 aliphatic heterocycles. The molecule has 1 N–H and O–H groups in total. The lowest BCUT2D eigenvalue weighted by atomic mass is 10.2. The van der Waals surface area contributed by atoms with Gasteiger partial charge in [-0.2, -0.15) is 4.99 Å². The summed E-state index contributed by atoms with van der Waals surface area (Å²) in [7, 11) is 0. The number of carbonyl (C=O) groups is 2. The van der Waals surface area contributed by atoms with Crippen molar-refractivity contribution >= 4 is 46.6 Å². The highest BCUT2D eigenvalue weighted by atomic mass is 35.5. The van der Waals surface area contributed by atoms with E-state index in [1.54, 1.807) is 12.2 Å². The predicted molar refractivity (Wildman–Crippen MR) is 121 cm³/mol. The number of carbonyl (C=O) groups excluding carboxylic acids is 2. The zero-order valence-corrected chi connectivity index (χ0v) is 18.9. The highest BCUT2D eigenvalue weighted by Crippen LogP contribution is 2.33. The van der Waals surface area contributed by atoms with Crippen LogP contribution in [0.25, 0.3) is 6.08 Å². The SMILES string of the molecule is CC.O=C1N=C(N2CCCCN2)S/C1=C/c1ccc(F)cc1OC(=O)N1CCC=C1Cl. The molecule has 0 aliphatic carbocycles. The van der Waals surface area contributed by atoms with Gasteiger partial charge in [-0.15, -0.1) is 0 Å². The molecule has 0 saturated carbocycles. The molecule has 1 aromatic carbocycles. The van der Waals surface area contributed by atoms with Crippen LogP contribution in [0.1, 0.15) is 38.7 Å². The molecule has 1 saturated heterocycles. The van der Waals surface area contributed by atoms with Crippen LogP contribution in [0.15, 0.2) is 39.3 Å². The minimum atomic E-state index is -0.700. The van der Waals surface area contributed by atoms with E-state index in [0.717, 1.165) is 32.0 Å². The standard InChI is InChI=1S/C19H18ClFN4O3S.C2H6/c20-16-4-3-8-24(16)19(27)28-14-11-13(21)6-5-12(14)10-15-17(26)23-18(29-15)25-9-2-1-7-22-25;1-2/h4-6,10-11,22H,1-3,7-9H2;1-2H3/b15-10+;. The summed E-state index contributed by atoms with van der Waals surface area (Å²) in [6, 6.07) is 3.80. The quantitative estimate of drug-likeness (QED) is 0.502. The zero-order valence-electron chi connectivity index (χ0n) is 17.4. The fourth-order valence-corrected chi connectivity index (χ4v) is 4.25. The first-order valence-corrected chi connectivity index (χ1v) is 11.4. The molecule has 3 aliphatic rings. The third kappa shape index (κ3) is 5.66. The van der Waals surface area contributed by atoms with E-state index in [-0.39, 0.29) is 16.8 Å². The molecule has 31 heavy (non-hydrogen) atoms. The fraction of sp³-hybridized carbons (Fsp3) is 0.381. The van der Waals surface area contributed by atoms with Crippen LogP contribution in [-0.4, -0.2) is 46.7 Å². The second-order valence-corrected chi connectivity index (χ2v) is 7.99. The van der Waals surface area contributed by atoms with E-state index in [1.807, 2.05) is 18.9 Å². The number of hydrogen-bond donors (Lipinski definition) is 1.